The SMILES string of the molecule is CCCC1(C2NCCc3ccoc32)CCC1. The first-order valence-corrected chi connectivity index (χ1v) is 6.65. The molecule has 1 aliphatic heterocycles. The topological polar surface area (TPSA) is 25.2 Å². The van der Waals surface area contributed by atoms with Crippen LogP contribution in [-0.2, 0) is 6.42 Å². The van der Waals surface area contributed by atoms with Gasteiger partial charge in [-0.15, -0.1) is 0 Å². The van der Waals surface area contributed by atoms with Crippen molar-refractivity contribution in [3.63, 3.8) is 0 Å². The molecule has 1 N–H and O–H groups in total. The van der Waals surface area contributed by atoms with Crippen molar-refractivity contribution in [3.05, 3.63) is 23.7 Å². The molecule has 1 aliphatic carbocycles. The van der Waals surface area contributed by atoms with Gasteiger partial charge in [0.05, 0.1) is 12.3 Å². The quantitative estimate of drug-likeness (QED) is 0.842. The Labute approximate surface area is 97.4 Å². The molecule has 0 spiro atoms. The molecular weight excluding hydrogens is 198 g/mol. The molecule has 2 heterocycles. The van der Waals surface area contributed by atoms with E-state index >= 15 is 0 Å². The zero-order valence-corrected chi connectivity index (χ0v) is 10.1. The second-order valence-electron chi connectivity index (χ2n) is 5.41. The van der Waals surface area contributed by atoms with Crippen LogP contribution in [0.5, 0.6) is 0 Å². The summed E-state index contributed by atoms with van der Waals surface area (Å²) in [5.74, 6) is 1.24. The summed E-state index contributed by atoms with van der Waals surface area (Å²) in [6, 6.07) is 2.64. The molecule has 2 aliphatic rings. The third-order valence-corrected chi connectivity index (χ3v) is 4.50. The molecule has 0 bridgehead atoms. The third kappa shape index (κ3) is 1.43. The van der Waals surface area contributed by atoms with Gasteiger partial charge in [0.2, 0.25) is 0 Å². The average molecular weight is 219 g/mol. The monoisotopic (exact) mass is 219 g/mol. The van der Waals surface area contributed by atoms with Gasteiger partial charge in [0.15, 0.2) is 0 Å². The summed E-state index contributed by atoms with van der Waals surface area (Å²) in [4.78, 5) is 0. The van der Waals surface area contributed by atoms with Gasteiger partial charge in [0.25, 0.3) is 0 Å². The van der Waals surface area contributed by atoms with Crippen molar-refractivity contribution >= 4 is 0 Å². The summed E-state index contributed by atoms with van der Waals surface area (Å²) >= 11 is 0. The lowest BCUT2D eigenvalue weighted by Gasteiger charge is -2.49. The van der Waals surface area contributed by atoms with Gasteiger partial charge in [-0.2, -0.15) is 0 Å². The van der Waals surface area contributed by atoms with Gasteiger partial charge in [0, 0.05) is 6.54 Å². The van der Waals surface area contributed by atoms with Crippen molar-refractivity contribution < 1.29 is 4.42 Å². The lowest BCUT2D eigenvalue weighted by Crippen LogP contribution is -2.45. The molecule has 3 rings (SSSR count). The molecule has 1 aromatic rings. The fraction of sp³-hybridized carbons (Fsp3) is 0.714. The van der Waals surface area contributed by atoms with Gasteiger partial charge >= 0.3 is 0 Å². The Balaban J connectivity index is 1.90. The van der Waals surface area contributed by atoms with Crippen molar-refractivity contribution in [2.45, 2.75) is 51.5 Å². The van der Waals surface area contributed by atoms with Crippen LogP contribution < -0.4 is 5.32 Å². The molecule has 0 aromatic carbocycles. The van der Waals surface area contributed by atoms with Gasteiger partial charge in [-0.05, 0) is 42.7 Å². The van der Waals surface area contributed by atoms with Crippen molar-refractivity contribution in [3.8, 4) is 0 Å². The highest BCUT2D eigenvalue weighted by Crippen LogP contribution is 2.54. The van der Waals surface area contributed by atoms with E-state index in [1.54, 1.807) is 0 Å². The molecule has 88 valence electrons. The van der Waals surface area contributed by atoms with Crippen LogP contribution in [0.4, 0.5) is 0 Å². The molecular formula is C14H21NO. The van der Waals surface area contributed by atoms with Crippen LogP contribution in [0.3, 0.4) is 0 Å². The van der Waals surface area contributed by atoms with Crippen LogP contribution in [0.2, 0.25) is 0 Å². The van der Waals surface area contributed by atoms with Crippen LogP contribution in [0.25, 0.3) is 0 Å². The molecule has 2 heteroatoms. The van der Waals surface area contributed by atoms with E-state index in [1.807, 2.05) is 6.26 Å². The maximum Gasteiger partial charge on any atom is 0.124 e. The number of rotatable bonds is 3. The van der Waals surface area contributed by atoms with E-state index in [1.165, 1.54) is 43.4 Å². The van der Waals surface area contributed by atoms with Crippen LogP contribution in [-0.4, -0.2) is 6.54 Å². The summed E-state index contributed by atoms with van der Waals surface area (Å²) in [6.45, 7) is 3.41. The molecule has 1 atom stereocenters. The van der Waals surface area contributed by atoms with E-state index in [4.69, 9.17) is 4.42 Å². The van der Waals surface area contributed by atoms with E-state index < -0.39 is 0 Å². The molecule has 2 nitrogen and oxygen atoms in total. The fourth-order valence-corrected chi connectivity index (χ4v) is 3.56. The molecule has 1 saturated carbocycles. The predicted molar refractivity (Wildman–Crippen MR) is 64.3 cm³/mol. The molecule has 0 radical (unpaired) electrons. The Morgan fingerprint density at radius 3 is 3.06 bits per heavy atom. The normalized spacial score (nSPS) is 27.2. The van der Waals surface area contributed by atoms with Gasteiger partial charge in [-0.1, -0.05) is 19.8 Å². The predicted octanol–water partition coefficient (Wildman–Crippen LogP) is 3.44. The first kappa shape index (κ1) is 10.4. The summed E-state index contributed by atoms with van der Waals surface area (Å²) in [7, 11) is 0. The number of fused-ring (bicyclic) bond motifs is 1. The Morgan fingerprint density at radius 2 is 2.38 bits per heavy atom. The summed E-state index contributed by atoms with van der Waals surface area (Å²) in [6.07, 6.45) is 9.76. The molecule has 0 amide bonds. The highest BCUT2D eigenvalue weighted by atomic mass is 16.3. The smallest absolute Gasteiger partial charge is 0.124 e. The third-order valence-electron chi connectivity index (χ3n) is 4.50. The minimum absolute atomic E-state index is 0.486. The minimum atomic E-state index is 0.486. The van der Waals surface area contributed by atoms with Gasteiger partial charge < -0.3 is 9.73 Å². The molecule has 0 saturated heterocycles. The van der Waals surface area contributed by atoms with Crippen molar-refractivity contribution in [1.82, 2.24) is 5.32 Å². The van der Waals surface area contributed by atoms with Crippen LogP contribution in [0, 0.1) is 5.41 Å². The lowest BCUT2D eigenvalue weighted by atomic mass is 9.60. The zero-order chi connectivity index (χ0) is 11.0. The van der Waals surface area contributed by atoms with Crippen LogP contribution in [0.1, 0.15) is 56.4 Å². The summed E-state index contributed by atoms with van der Waals surface area (Å²) in [5, 5.41) is 3.70. The standard InChI is InChI=1S/C14H21NO/c1-2-6-14(7-3-8-14)13-12-11(4-9-15-13)5-10-16-12/h5,10,13,15H,2-4,6-9H2,1H3. The fourth-order valence-electron chi connectivity index (χ4n) is 3.56. The highest BCUT2D eigenvalue weighted by molar-refractivity contribution is 5.26. The zero-order valence-electron chi connectivity index (χ0n) is 10.1. The van der Waals surface area contributed by atoms with Crippen LogP contribution >= 0.6 is 0 Å². The Kier molecular flexibility index (Phi) is 2.55. The second kappa shape index (κ2) is 3.92. The summed E-state index contributed by atoms with van der Waals surface area (Å²) < 4.78 is 5.73. The van der Waals surface area contributed by atoms with E-state index in [0.717, 1.165) is 13.0 Å². The van der Waals surface area contributed by atoms with Gasteiger partial charge in [-0.3, -0.25) is 0 Å². The minimum Gasteiger partial charge on any atom is -0.467 e. The maximum absolute atomic E-state index is 5.73. The summed E-state index contributed by atoms with van der Waals surface area (Å²) in [5.41, 5.74) is 1.94. The second-order valence-corrected chi connectivity index (χ2v) is 5.41. The highest BCUT2D eigenvalue weighted by Gasteiger charge is 2.46. The lowest BCUT2D eigenvalue weighted by molar-refractivity contribution is 0.0468. The Morgan fingerprint density at radius 1 is 1.50 bits per heavy atom. The Hall–Kier alpha value is -0.760. The largest absolute Gasteiger partial charge is 0.467 e. The average Bonchev–Trinajstić information content (AvgIpc) is 2.71. The number of nitrogens with one attached hydrogen (secondary N) is 1. The number of hydrogen-bond acceptors (Lipinski definition) is 2. The Bertz CT molecular complexity index is 365. The van der Waals surface area contributed by atoms with E-state index in [0.29, 0.717) is 11.5 Å². The number of furan rings is 1. The molecule has 1 unspecified atom stereocenters. The van der Waals surface area contributed by atoms with E-state index in [2.05, 4.69) is 18.3 Å². The molecule has 16 heavy (non-hydrogen) atoms. The van der Waals surface area contributed by atoms with E-state index in [9.17, 15) is 0 Å². The van der Waals surface area contributed by atoms with Crippen molar-refractivity contribution in [1.29, 1.82) is 0 Å². The van der Waals surface area contributed by atoms with Gasteiger partial charge in [-0.25, -0.2) is 0 Å². The first-order chi connectivity index (χ1) is 7.86. The van der Waals surface area contributed by atoms with Gasteiger partial charge in [0.1, 0.15) is 5.76 Å². The van der Waals surface area contributed by atoms with Crippen molar-refractivity contribution in [2.75, 3.05) is 6.54 Å². The molecule has 1 fully saturated rings. The number of hydrogen-bond donors (Lipinski definition) is 1. The van der Waals surface area contributed by atoms with E-state index in [-0.39, 0.29) is 0 Å². The first-order valence-electron chi connectivity index (χ1n) is 6.65. The molecule has 1 aromatic heterocycles. The van der Waals surface area contributed by atoms with Crippen LogP contribution in [0.15, 0.2) is 16.7 Å². The van der Waals surface area contributed by atoms with Crippen molar-refractivity contribution in [2.24, 2.45) is 5.41 Å². The maximum atomic E-state index is 5.73.